The van der Waals surface area contributed by atoms with Crippen LogP contribution in [-0.4, -0.2) is 26.9 Å². The van der Waals surface area contributed by atoms with Gasteiger partial charge in [0.1, 0.15) is 0 Å². The van der Waals surface area contributed by atoms with Crippen LogP contribution >= 0.6 is 10.7 Å². The van der Waals surface area contributed by atoms with E-state index in [1.54, 1.807) is 0 Å². The molecular formula is C8H13ClO3S. The number of fused-ring (bicyclic) bond motifs is 2. The number of hydrogen-bond donors (Lipinski definition) is 0. The standard InChI is InChI=1S/C8H13ClO3S/c9-13(10,11)6-8-3-1-2-7(4-8)12-5-8/h7H,1-6H2. The van der Waals surface area contributed by atoms with Gasteiger partial charge in [0.2, 0.25) is 9.05 Å². The van der Waals surface area contributed by atoms with Crippen molar-refractivity contribution in [1.29, 1.82) is 0 Å². The quantitative estimate of drug-likeness (QED) is 0.668. The van der Waals surface area contributed by atoms with E-state index in [0.29, 0.717) is 6.61 Å². The van der Waals surface area contributed by atoms with Crippen LogP contribution in [0.15, 0.2) is 0 Å². The van der Waals surface area contributed by atoms with Crippen LogP contribution in [0.1, 0.15) is 25.7 Å². The minimum Gasteiger partial charge on any atom is -0.378 e. The molecule has 0 aromatic heterocycles. The topological polar surface area (TPSA) is 43.4 Å². The summed E-state index contributed by atoms with van der Waals surface area (Å²) in [5.41, 5.74) is -0.163. The molecule has 1 aliphatic heterocycles. The summed E-state index contributed by atoms with van der Waals surface area (Å²) in [6.45, 7) is 0.573. The van der Waals surface area contributed by atoms with Gasteiger partial charge in [0.25, 0.3) is 0 Å². The molecule has 1 saturated heterocycles. The van der Waals surface area contributed by atoms with Gasteiger partial charge >= 0.3 is 0 Å². The third-order valence-corrected chi connectivity index (χ3v) is 4.28. The van der Waals surface area contributed by atoms with Gasteiger partial charge in [-0.05, 0) is 19.3 Å². The van der Waals surface area contributed by atoms with E-state index in [1.165, 1.54) is 0 Å². The number of hydrogen-bond acceptors (Lipinski definition) is 3. The van der Waals surface area contributed by atoms with E-state index in [4.69, 9.17) is 15.4 Å². The molecule has 2 rings (SSSR count). The monoisotopic (exact) mass is 224 g/mol. The Kier molecular flexibility index (Phi) is 2.33. The van der Waals surface area contributed by atoms with Gasteiger partial charge in [0.15, 0.2) is 0 Å². The van der Waals surface area contributed by atoms with Gasteiger partial charge in [0.05, 0.1) is 18.5 Å². The lowest BCUT2D eigenvalue weighted by Gasteiger charge is -2.29. The van der Waals surface area contributed by atoms with Crippen LogP contribution in [-0.2, 0) is 13.8 Å². The smallest absolute Gasteiger partial charge is 0.233 e. The normalized spacial score (nSPS) is 39.3. The van der Waals surface area contributed by atoms with Crippen molar-refractivity contribution in [1.82, 2.24) is 0 Å². The molecule has 0 spiro atoms. The van der Waals surface area contributed by atoms with E-state index in [0.717, 1.165) is 25.7 Å². The fourth-order valence-electron chi connectivity index (χ4n) is 2.50. The highest BCUT2D eigenvalue weighted by Gasteiger charge is 2.45. The van der Waals surface area contributed by atoms with Gasteiger partial charge in [-0.1, -0.05) is 6.42 Å². The first kappa shape index (κ1) is 9.74. The SMILES string of the molecule is O=S(=O)(Cl)CC12CCCC(C1)OC2. The van der Waals surface area contributed by atoms with Crippen LogP contribution in [0.25, 0.3) is 0 Å². The van der Waals surface area contributed by atoms with E-state index in [9.17, 15) is 8.42 Å². The molecule has 13 heavy (non-hydrogen) atoms. The molecule has 2 unspecified atom stereocenters. The predicted molar refractivity (Wildman–Crippen MR) is 50.3 cm³/mol. The average Bonchev–Trinajstić information content (AvgIpc) is 2.23. The van der Waals surface area contributed by atoms with Crippen molar-refractivity contribution in [2.45, 2.75) is 31.8 Å². The Hall–Kier alpha value is 0.200. The summed E-state index contributed by atoms with van der Waals surface area (Å²) < 4.78 is 27.5. The number of ether oxygens (including phenoxy) is 1. The van der Waals surface area contributed by atoms with Crippen molar-refractivity contribution in [3.63, 3.8) is 0 Å². The molecule has 0 radical (unpaired) electrons. The first-order valence-corrected chi connectivity index (χ1v) is 7.01. The maximum absolute atomic E-state index is 11.0. The van der Waals surface area contributed by atoms with Gasteiger partial charge < -0.3 is 4.74 Å². The zero-order valence-electron chi connectivity index (χ0n) is 7.33. The van der Waals surface area contributed by atoms with Crippen molar-refractivity contribution < 1.29 is 13.2 Å². The summed E-state index contributed by atoms with van der Waals surface area (Å²) in [5, 5.41) is 0. The molecule has 2 aliphatic rings. The second-order valence-electron chi connectivity index (χ2n) is 4.21. The Morgan fingerprint density at radius 3 is 3.00 bits per heavy atom. The van der Waals surface area contributed by atoms with Crippen molar-refractivity contribution in [2.75, 3.05) is 12.4 Å². The summed E-state index contributed by atoms with van der Waals surface area (Å²) in [5.74, 6) is 0.0814. The molecule has 2 atom stereocenters. The third-order valence-electron chi connectivity index (χ3n) is 3.00. The molecule has 0 aromatic carbocycles. The Balaban J connectivity index is 2.12. The summed E-state index contributed by atoms with van der Waals surface area (Å²) in [4.78, 5) is 0. The Morgan fingerprint density at radius 2 is 2.31 bits per heavy atom. The van der Waals surface area contributed by atoms with Gasteiger partial charge in [-0.3, -0.25) is 0 Å². The zero-order chi connectivity index (χ0) is 9.53. The van der Waals surface area contributed by atoms with Crippen LogP contribution in [0.5, 0.6) is 0 Å². The Labute approximate surface area is 82.8 Å². The fraction of sp³-hybridized carbons (Fsp3) is 1.00. The summed E-state index contributed by atoms with van der Waals surface area (Å²) in [6.07, 6.45) is 4.24. The second kappa shape index (κ2) is 3.11. The summed E-state index contributed by atoms with van der Waals surface area (Å²) >= 11 is 0. The van der Waals surface area contributed by atoms with Gasteiger partial charge in [-0.2, -0.15) is 0 Å². The first-order valence-electron chi connectivity index (χ1n) is 4.53. The average molecular weight is 225 g/mol. The molecule has 1 aliphatic carbocycles. The largest absolute Gasteiger partial charge is 0.378 e. The zero-order valence-corrected chi connectivity index (χ0v) is 8.90. The molecule has 76 valence electrons. The lowest BCUT2D eigenvalue weighted by molar-refractivity contribution is 0.105. The van der Waals surface area contributed by atoms with E-state index >= 15 is 0 Å². The predicted octanol–water partition coefficient (Wildman–Crippen LogP) is 1.51. The third kappa shape index (κ3) is 2.17. The molecular weight excluding hydrogens is 212 g/mol. The van der Waals surface area contributed by atoms with Gasteiger partial charge in [-0.25, -0.2) is 8.42 Å². The fourth-order valence-corrected chi connectivity index (χ4v) is 4.27. The lowest BCUT2D eigenvalue weighted by atomic mass is 9.77. The summed E-state index contributed by atoms with van der Waals surface area (Å²) in [7, 11) is 1.89. The van der Waals surface area contributed by atoms with Crippen molar-refractivity contribution in [3.05, 3.63) is 0 Å². The molecule has 3 nitrogen and oxygen atoms in total. The van der Waals surface area contributed by atoms with E-state index in [1.807, 2.05) is 0 Å². The van der Waals surface area contributed by atoms with Crippen molar-refractivity contribution in [2.24, 2.45) is 5.41 Å². The highest BCUT2D eigenvalue weighted by Crippen LogP contribution is 2.44. The minimum absolute atomic E-state index is 0.0814. The van der Waals surface area contributed by atoms with Crippen LogP contribution in [0, 0.1) is 5.41 Å². The van der Waals surface area contributed by atoms with Crippen LogP contribution in [0.2, 0.25) is 0 Å². The molecule has 1 heterocycles. The highest BCUT2D eigenvalue weighted by molar-refractivity contribution is 8.13. The van der Waals surface area contributed by atoms with E-state index in [2.05, 4.69) is 0 Å². The molecule has 0 aromatic rings. The second-order valence-corrected chi connectivity index (χ2v) is 6.99. The number of halogens is 1. The van der Waals surface area contributed by atoms with Gasteiger partial charge in [0, 0.05) is 16.1 Å². The maximum Gasteiger partial charge on any atom is 0.233 e. The van der Waals surface area contributed by atoms with Gasteiger partial charge in [-0.15, -0.1) is 0 Å². The molecule has 5 heteroatoms. The number of rotatable bonds is 2. The molecule has 2 fully saturated rings. The molecule has 0 N–H and O–H groups in total. The Bertz CT molecular complexity index is 297. The van der Waals surface area contributed by atoms with Crippen molar-refractivity contribution in [3.8, 4) is 0 Å². The minimum atomic E-state index is -3.38. The highest BCUT2D eigenvalue weighted by atomic mass is 35.7. The van der Waals surface area contributed by atoms with E-state index in [-0.39, 0.29) is 17.3 Å². The lowest BCUT2D eigenvalue weighted by Crippen LogP contribution is -2.31. The van der Waals surface area contributed by atoms with Crippen LogP contribution < -0.4 is 0 Å². The molecule has 1 saturated carbocycles. The Morgan fingerprint density at radius 1 is 1.54 bits per heavy atom. The van der Waals surface area contributed by atoms with Crippen LogP contribution in [0.3, 0.4) is 0 Å². The summed E-state index contributed by atoms with van der Waals surface area (Å²) in [6, 6.07) is 0. The maximum atomic E-state index is 11.0. The van der Waals surface area contributed by atoms with Crippen LogP contribution in [0.4, 0.5) is 0 Å². The van der Waals surface area contributed by atoms with E-state index < -0.39 is 9.05 Å². The molecule has 0 amide bonds. The molecule has 2 bridgehead atoms. The van der Waals surface area contributed by atoms with Crippen molar-refractivity contribution >= 4 is 19.7 Å². The first-order chi connectivity index (χ1) is 5.99.